The summed E-state index contributed by atoms with van der Waals surface area (Å²) in [5, 5.41) is 4.26. The van der Waals surface area contributed by atoms with Gasteiger partial charge in [0.15, 0.2) is 6.61 Å². The number of carbonyl (C=O) groups is 1. The zero-order valence-corrected chi connectivity index (χ0v) is 14.6. The number of hydrazone groups is 1. The van der Waals surface area contributed by atoms with E-state index in [1.807, 2.05) is 54.6 Å². The monoisotopic (exact) mass is 336 g/mol. The van der Waals surface area contributed by atoms with Gasteiger partial charge in [-0.15, -0.1) is 0 Å². The summed E-state index contributed by atoms with van der Waals surface area (Å²) in [6.45, 7) is 2.18. The first-order valence-corrected chi connectivity index (χ1v) is 8.84. The Morgan fingerprint density at radius 2 is 1.92 bits per heavy atom. The van der Waals surface area contributed by atoms with Crippen LogP contribution in [0, 0.1) is 5.92 Å². The van der Waals surface area contributed by atoms with Gasteiger partial charge in [0, 0.05) is 11.3 Å². The molecule has 1 saturated carbocycles. The van der Waals surface area contributed by atoms with E-state index < -0.39 is 0 Å². The smallest absolute Gasteiger partial charge is 0.277 e. The number of hydrogen-bond acceptors (Lipinski definition) is 3. The van der Waals surface area contributed by atoms with Gasteiger partial charge >= 0.3 is 0 Å². The Hall–Kier alpha value is -2.62. The Bertz CT molecular complexity index is 741. The summed E-state index contributed by atoms with van der Waals surface area (Å²) in [6, 6.07) is 17.7. The van der Waals surface area contributed by atoms with Gasteiger partial charge in [-0.2, -0.15) is 5.10 Å². The first-order chi connectivity index (χ1) is 12.2. The van der Waals surface area contributed by atoms with Crippen molar-refractivity contribution in [2.75, 3.05) is 6.61 Å². The van der Waals surface area contributed by atoms with Crippen molar-refractivity contribution in [2.24, 2.45) is 11.0 Å². The van der Waals surface area contributed by atoms with E-state index in [9.17, 15) is 4.79 Å². The molecule has 0 heterocycles. The summed E-state index contributed by atoms with van der Waals surface area (Å²) in [7, 11) is 0. The fourth-order valence-corrected chi connectivity index (χ4v) is 3.13. The molecule has 2 aromatic carbocycles. The molecule has 0 radical (unpaired) electrons. The fraction of sp³-hybridized carbons (Fsp3) is 0.333. The van der Waals surface area contributed by atoms with Crippen LogP contribution in [0.2, 0.25) is 0 Å². The molecule has 0 aromatic heterocycles. The highest BCUT2D eigenvalue weighted by Crippen LogP contribution is 2.29. The zero-order chi connectivity index (χ0) is 17.5. The summed E-state index contributed by atoms with van der Waals surface area (Å²) in [5.74, 6) is 1.12. The van der Waals surface area contributed by atoms with E-state index in [1.54, 1.807) is 0 Å². The lowest BCUT2D eigenvalue weighted by molar-refractivity contribution is -0.123. The number of hydrogen-bond donors (Lipinski definition) is 1. The molecular formula is C21H24N2O2. The number of amides is 1. The van der Waals surface area contributed by atoms with Gasteiger partial charge in [0.1, 0.15) is 5.75 Å². The van der Waals surface area contributed by atoms with Crippen molar-refractivity contribution in [2.45, 2.75) is 32.6 Å². The maximum atomic E-state index is 12.0. The van der Waals surface area contributed by atoms with Crippen molar-refractivity contribution < 1.29 is 9.53 Å². The van der Waals surface area contributed by atoms with Gasteiger partial charge in [-0.1, -0.05) is 55.5 Å². The standard InChI is InChI=1S/C21H24N2O2/c1-16-8-7-11-18(14-16)22-23-21(24)15-25-20-13-6-5-12-19(20)17-9-3-2-4-10-17/h2-6,9-10,12-13,16H,7-8,11,14-15H2,1H3,(H,23,24)/b22-18+. The van der Waals surface area contributed by atoms with Crippen LogP contribution < -0.4 is 10.2 Å². The first kappa shape index (κ1) is 17.2. The molecule has 1 aliphatic rings. The topological polar surface area (TPSA) is 50.7 Å². The van der Waals surface area contributed by atoms with Crippen LogP contribution in [0.1, 0.15) is 32.6 Å². The first-order valence-electron chi connectivity index (χ1n) is 8.84. The van der Waals surface area contributed by atoms with E-state index in [1.165, 1.54) is 6.42 Å². The molecular weight excluding hydrogens is 312 g/mol. The Labute approximate surface area is 148 Å². The van der Waals surface area contributed by atoms with Gasteiger partial charge in [0.05, 0.1) is 0 Å². The minimum absolute atomic E-state index is 0.0455. The fourth-order valence-electron chi connectivity index (χ4n) is 3.13. The third-order valence-corrected chi connectivity index (χ3v) is 4.42. The minimum atomic E-state index is -0.228. The quantitative estimate of drug-likeness (QED) is 0.822. The molecule has 4 nitrogen and oxygen atoms in total. The summed E-state index contributed by atoms with van der Waals surface area (Å²) in [6.07, 6.45) is 4.34. The number of rotatable bonds is 5. The number of ether oxygens (including phenoxy) is 1. The van der Waals surface area contributed by atoms with E-state index >= 15 is 0 Å². The molecule has 1 atom stereocenters. The SMILES string of the molecule is CC1CCC/C(=N\NC(=O)COc2ccccc2-c2ccccc2)C1. The molecule has 1 amide bonds. The minimum Gasteiger partial charge on any atom is -0.483 e. The molecule has 0 aliphatic heterocycles. The molecule has 4 heteroatoms. The van der Waals surface area contributed by atoms with Gasteiger partial charge < -0.3 is 4.74 Å². The maximum Gasteiger partial charge on any atom is 0.277 e. The van der Waals surface area contributed by atoms with Crippen molar-refractivity contribution in [1.82, 2.24) is 5.43 Å². The number of benzene rings is 2. The third-order valence-electron chi connectivity index (χ3n) is 4.42. The largest absolute Gasteiger partial charge is 0.483 e. The highest BCUT2D eigenvalue weighted by molar-refractivity contribution is 5.87. The molecule has 25 heavy (non-hydrogen) atoms. The van der Waals surface area contributed by atoms with Crippen molar-refractivity contribution in [3.05, 3.63) is 54.6 Å². The van der Waals surface area contributed by atoms with Crippen LogP contribution in [0.4, 0.5) is 0 Å². The summed E-state index contributed by atoms with van der Waals surface area (Å²) >= 11 is 0. The predicted octanol–water partition coefficient (Wildman–Crippen LogP) is 4.41. The maximum absolute atomic E-state index is 12.0. The Balaban J connectivity index is 1.59. The second kappa shape index (κ2) is 8.47. The number of nitrogens with zero attached hydrogens (tertiary/aromatic N) is 1. The lowest BCUT2D eigenvalue weighted by Crippen LogP contribution is -2.27. The number of para-hydroxylation sites is 1. The van der Waals surface area contributed by atoms with Gasteiger partial charge in [-0.25, -0.2) is 5.43 Å². The van der Waals surface area contributed by atoms with Gasteiger partial charge in [0.25, 0.3) is 5.91 Å². The van der Waals surface area contributed by atoms with Crippen molar-refractivity contribution in [3.8, 4) is 16.9 Å². The summed E-state index contributed by atoms with van der Waals surface area (Å²) < 4.78 is 5.73. The van der Waals surface area contributed by atoms with Crippen LogP contribution in [0.15, 0.2) is 59.7 Å². The van der Waals surface area contributed by atoms with E-state index in [-0.39, 0.29) is 12.5 Å². The molecule has 0 saturated heterocycles. The normalized spacial score (nSPS) is 18.8. The summed E-state index contributed by atoms with van der Waals surface area (Å²) in [5.41, 5.74) is 5.75. The average Bonchev–Trinajstić information content (AvgIpc) is 2.66. The van der Waals surface area contributed by atoms with Crippen LogP contribution >= 0.6 is 0 Å². The Morgan fingerprint density at radius 1 is 1.16 bits per heavy atom. The Kier molecular flexibility index (Phi) is 5.83. The second-order valence-corrected chi connectivity index (χ2v) is 6.57. The van der Waals surface area contributed by atoms with Gasteiger partial charge in [0.2, 0.25) is 0 Å². The van der Waals surface area contributed by atoms with Crippen molar-refractivity contribution in [3.63, 3.8) is 0 Å². The van der Waals surface area contributed by atoms with Crippen LogP contribution in [-0.4, -0.2) is 18.2 Å². The van der Waals surface area contributed by atoms with Crippen LogP contribution in [0.3, 0.4) is 0 Å². The molecule has 1 fully saturated rings. The molecule has 0 bridgehead atoms. The highest BCUT2D eigenvalue weighted by Gasteiger charge is 2.14. The summed E-state index contributed by atoms with van der Waals surface area (Å²) in [4.78, 5) is 12.0. The zero-order valence-electron chi connectivity index (χ0n) is 14.6. The van der Waals surface area contributed by atoms with Gasteiger partial charge in [-0.05, 0) is 43.2 Å². The number of carbonyl (C=O) groups excluding carboxylic acids is 1. The molecule has 0 spiro atoms. The van der Waals surface area contributed by atoms with Crippen molar-refractivity contribution in [1.29, 1.82) is 0 Å². The molecule has 3 rings (SSSR count). The number of nitrogens with one attached hydrogen (secondary N) is 1. The van der Waals surface area contributed by atoms with Crippen molar-refractivity contribution >= 4 is 11.6 Å². The average molecular weight is 336 g/mol. The van der Waals surface area contributed by atoms with E-state index in [2.05, 4.69) is 17.5 Å². The van der Waals surface area contributed by atoms with E-state index in [0.29, 0.717) is 11.7 Å². The Morgan fingerprint density at radius 3 is 2.72 bits per heavy atom. The molecule has 1 aliphatic carbocycles. The second-order valence-electron chi connectivity index (χ2n) is 6.57. The lowest BCUT2D eigenvalue weighted by atomic mass is 9.89. The highest BCUT2D eigenvalue weighted by atomic mass is 16.5. The van der Waals surface area contributed by atoms with Crippen LogP contribution in [-0.2, 0) is 4.79 Å². The lowest BCUT2D eigenvalue weighted by Gasteiger charge is -2.19. The predicted molar refractivity (Wildman–Crippen MR) is 101 cm³/mol. The van der Waals surface area contributed by atoms with Crippen LogP contribution in [0.25, 0.3) is 11.1 Å². The van der Waals surface area contributed by atoms with Crippen LogP contribution in [0.5, 0.6) is 5.75 Å². The van der Waals surface area contributed by atoms with Gasteiger partial charge in [-0.3, -0.25) is 4.79 Å². The van der Waals surface area contributed by atoms with E-state index in [0.717, 1.165) is 36.1 Å². The molecule has 1 N–H and O–H groups in total. The third kappa shape index (κ3) is 4.92. The molecule has 130 valence electrons. The molecule has 1 unspecified atom stereocenters. The molecule has 2 aromatic rings. The van der Waals surface area contributed by atoms with E-state index in [4.69, 9.17) is 4.74 Å².